The number of hydrogen-bond donors (Lipinski definition) is 0. The lowest BCUT2D eigenvalue weighted by molar-refractivity contribution is -0.139. The molecule has 168 valence electrons. The zero-order valence-electron chi connectivity index (χ0n) is 17.6. The van der Waals surface area contributed by atoms with E-state index in [1.165, 1.54) is 9.80 Å². The van der Waals surface area contributed by atoms with Crippen LogP contribution in [0.15, 0.2) is 60.7 Å². The first-order chi connectivity index (χ1) is 15.9. The van der Waals surface area contributed by atoms with Gasteiger partial charge in [-0.25, -0.2) is 0 Å². The average Bonchev–Trinajstić information content (AvgIpc) is 3.32. The van der Waals surface area contributed by atoms with Crippen molar-refractivity contribution in [1.82, 2.24) is 0 Å². The predicted octanol–water partition coefficient (Wildman–Crippen LogP) is 3.75. The van der Waals surface area contributed by atoms with E-state index >= 15 is 0 Å². The third-order valence-electron chi connectivity index (χ3n) is 6.40. The number of carbonyl (C=O) groups excluding carboxylic acids is 4. The van der Waals surface area contributed by atoms with Crippen LogP contribution in [0.3, 0.4) is 0 Å². The lowest BCUT2D eigenvalue weighted by Gasteiger charge is -2.17. The van der Waals surface area contributed by atoms with Gasteiger partial charge >= 0.3 is 5.97 Å². The Balaban J connectivity index is 1.24. The fourth-order valence-electron chi connectivity index (χ4n) is 4.68. The number of fused-ring (bicyclic) bond motifs is 1. The number of benzene rings is 2. The maximum absolute atomic E-state index is 12.7. The van der Waals surface area contributed by atoms with E-state index in [0.717, 1.165) is 0 Å². The molecule has 8 heteroatoms. The van der Waals surface area contributed by atoms with Crippen molar-refractivity contribution in [2.45, 2.75) is 19.3 Å². The van der Waals surface area contributed by atoms with Crippen LogP contribution < -0.4 is 14.5 Å². The van der Waals surface area contributed by atoms with Gasteiger partial charge in [-0.15, -0.1) is 0 Å². The van der Waals surface area contributed by atoms with Crippen molar-refractivity contribution in [3.05, 3.63) is 65.7 Å². The Morgan fingerprint density at radius 1 is 0.909 bits per heavy atom. The third kappa shape index (κ3) is 3.93. The number of imide groups is 1. The van der Waals surface area contributed by atoms with Crippen LogP contribution in [0.25, 0.3) is 0 Å². The van der Waals surface area contributed by atoms with Crippen LogP contribution in [0.4, 0.5) is 11.4 Å². The first kappa shape index (κ1) is 21.4. The van der Waals surface area contributed by atoms with Crippen LogP contribution >= 0.6 is 11.6 Å². The monoisotopic (exact) mass is 464 g/mol. The summed E-state index contributed by atoms with van der Waals surface area (Å²) < 4.78 is 5.48. The SMILES string of the molecule is O=C(Oc1ccc(N2C(=O)[C@H]3CC=CC[C@H]3C2=O)cc1)[C@H]1CC(=O)N(c2cccc(Cl)c2)C1. The van der Waals surface area contributed by atoms with E-state index < -0.39 is 11.9 Å². The first-order valence-electron chi connectivity index (χ1n) is 10.8. The Hall–Kier alpha value is -3.45. The number of ether oxygens (including phenoxy) is 1. The Bertz CT molecular complexity index is 1150. The van der Waals surface area contributed by atoms with Gasteiger partial charge in [0.2, 0.25) is 17.7 Å². The summed E-state index contributed by atoms with van der Waals surface area (Å²) in [4.78, 5) is 53.3. The molecule has 2 heterocycles. The second-order valence-electron chi connectivity index (χ2n) is 8.47. The van der Waals surface area contributed by atoms with Gasteiger partial charge in [0, 0.05) is 23.7 Å². The summed E-state index contributed by atoms with van der Waals surface area (Å²) in [6.07, 6.45) is 5.10. The molecular weight excluding hydrogens is 444 g/mol. The highest BCUT2D eigenvalue weighted by molar-refractivity contribution is 6.31. The fraction of sp³-hybridized carbons (Fsp3) is 0.280. The molecule has 5 rings (SSSR count). The van der Waals surface area contributed by atoms with E-state index in [1.54, 1.807) is 48.5 Å². The Labute approximate surface area is 195 Å². The number of amides is 3. The summed E-state index contributed by atoms with van der Waals surface area (Å²) in [6.45, 7) is 0.212. The van der Waals surface area contributed by atoms with E-state index in [1.807, 2.05) is 12.2 Å². The first-order valence-corrected chi connectivity index (χ1v) is 11.2. The van der Waals surface area contributed by atoms with Crippen molar-refractivity contribution in [3.8, 4) is 5.75 Å². The number of anilines is 2. The molecule has 3 amide bonds. The van der Waals surface area contributed by atoms with E-state index in [9.17, 15) is 19.2 Å². The highest BCUT2D eigenvalue weighted by atomic mass is 35.5. The molecule has 1 aliphatic carbocycles. The topological polar surface area (TPSA) is 84.0 Å². The number of nitrogens with zero attached hydrogens (tertiary/aromatic N) is 2. The quantitative estimate of drug-likeness (QED) is 0.298. The van der Waals surface area contributed by atoms with Crippen LogP contribution in [0.1, 0.15) is 19.3 Å². The average molecular weight is 465 g/mol. The van der Waals surface area contributed by atoms with Crippen LogP contribution in [-0.4, -0.2) is 30.2 Å². The minimum absolute atomic E-state index is 0.0526. The molecule has 2 aromatic rings. The Morgan fingerprint density at radius 3 is 2.21 bits per heavy atom. The number of carbonyl (C=O) groups is 4. The van der Waals surface area contributed by atoms with Gasteiger partial charge < -0.3 is 9.64 Å². The molecule has 0 spiro atoms. The van der Waals surface area contributed by atoms with Gasteiger partial charge in [0.1, 0.15) is 5.75 Å². The zero-order chi connectivity index (χ0) is 23.1. The molecule has 7 nitrogen and oxygen atoms in total. The van der Waals surface area contributed by atoms with Gasteiger partial charge in [0.15, 0.2) is 0 Å². The lowest BCUT2D eigenvalue weighted by atomic mass is 9.85. The molecule has 0 bridgehead atoms. The molecule has 3 atom stereocenters. The van der Waals surface area contributed by atoms with Crippen LogP contribution in [0.5, 0.6) is 5.75 Å². The summed E-state index contributed by atoms with van der Waals surface area (Å²) in [6, 6.07) is 13.2. The second-order valence-corrected chi connectivity index (χ2v) is 8.90. The van der Waals surface area contributed by atoms with Crippen molar-refractivity contribution in [1.29, 1.82) is 0 Å². The van der Waals surface area contributed by atoms with Crippen LogP contribution in [0, 0.1) is 17.8 Å². The minimum atomic E-state index is -0.603. The van der Waals surface area contributed by atoms with Crippen molar-refractivity contribution in [2.75, 3.05) is 16.3 Å². The molecule has 0 radical (unpaired) electrons. The standard InChI is InChI=1S/C25H21ClN2O5/c26-16-4-3-5-18(13-16)27-14-15(12-22(27)29)25(32)33-19-10-8-17(9-11-19)28-23(30)20-6-1-2-7-21(20)24(28)31/h1-5,8-11,13,15,20-21H,6-7,12,14H2/t15-,20-,21+/m0/s1. The predicted molar refractivity (Wildman–Crippen MR) is 122 cm³/mol. The summed E-state index contributed by atoms with van der Waals surface area (Å²) >= 11 is 6.01. The number of halogens is 1. The van der Waals surface area contributed by atoms with Gasteiger partial charge in [-0.1, -0.05) is 29.8 Å². The highest BCUT2D eigenvalue weighted by Gasteiger charge is 2.47. The number of rotatable bonds is 4. The molecule has 0 N–H and O–H groups in total. The molecule has 3 aliphatic rings. The van der Waals surface area contributed by atoms with Gasteiger partial charge in [-0.05, 0) is 55.3 Å². The third-order valence-corrected chi connectivity index (χ3v) is 6.63. The van der Waals surface area contributed by atoms with E-state index in [-0.39, 0.29) is 48.3 Å². The maximum Gasteiger partial charge on any atom is 0.316 e. The Morgan fingerprint density at radius 2 is 1.58 bits per heavy atom. The van der Waals surface area contributed by atoms with Crippen molar-refractivity contribution >= 4 is 46.7 Å². The van der Waals surface area contributed by atoms with E-state index in [0.29, 0.717) is 29.2 Å². The normalized spacial score (nSPS) is 24.4. The molecule has 0 unspecified atom stereocenters. The van der Waals surface area contributed by atoms with E-state index in [4.69, 9.17) is 16.3 Å². The van der Waals surface area contributed by atoms with E-state index in [2.05, 4.69) is 0 Å². The molecule has 0 aromatic heterocycles. The second kappa shape index (κ2) is 8.48. The number of allylic oxidation sites excluding steroid dienone is 2. The summed E-state index contributed by atoms with van der Waals surface area (Å²) in [7, 11) is 0. The smallest absolute Gasteiger partial charge is 0.316 e. The van der Waals surface area contributed by atoms with Crippen LogP contribution in [0.2, 0.25) is 5.02 Å². The Kier molecular flexibility index (Phi) is 5.50. The highest BCUT2D eigenvalue weighted by Crippen LogP contribution is 2.38. The largest absolute Gasteiger partial charge is 0.426 e. The summed E-state index contributed by atoms with van der Waals surface area (Å²) in [5, 5.41) is 0.511. The van der Waals surface area contributed by atoms with Crippen molar-refractivity contribution < 1.29 is 23.9 Å². The summed E-state index contributed by atoms with van der Waals surface area (Å²) in [5.41, 5.74) is 1.10. The minimum Gasteiger partial charge on any atom is -0.426 e. The van der Waals surface area contributed by atoms with Gasteiger partial charge in [0.05, 0.1) is 23.4 Å². The summed E-state index contributed by atoms with van der Waals surface area (Å²) in [5.74, 6) is -1.98. The lowest BCUT2D eigenvalue weighted by Crippen LogP contribution is -2.30. The molecular formula is C25H21ClN2O5. The van der Waals surface area contributed by atoms with Gasteiger partial charge in [-0.2, -0.15) is 0 Å². The molecule has 33 heavy (non-hydrogen) atoms. The van der Waals surface area contributed by atoms with Gasteiger partial charge in [-0.3, -0.25) is 24.1 Å². The fourth-order valence-corrected chi connectivity index (χ4v) is 4.86. The van der Waals surface area contributed by atoms with Crippen molar-refractivity contribution in [2.24, 2.45) is 17.8 Å². The zero-order valence-corrected chi connectivity index (χ0v) is 18.4. The van der Waals surface area contributed by atoms with Gasteiger partial charge in [0.25, 0.3) is 0 Å². The molecule has 2 saturated heterocycles. The molecule has 2 fully saturated rings. The molecule has 2 aromatic carbocycles. The molecule has 0 saturated carbocycles. The van der Waals surface area contributed by atoms with Crippen LogP contribution in [-0.2, 0) is 19.2 Å². The maximum atomic E-state index is 12.7. The number of hydrogen-bond acceptors (Lipinski definition) is 5. The van der Waals surface area contributed by atoms with Crippen molar-refractivity contribution in [3.63, 3.8) is 0 Å². The number of esters is 1. The molecule has 2 aliphatic heterocycles.